The van der Waals surface area contributed by atoms with Gasteiger partial charge in [0.25, 0.3) is 0 Å². The molecule has 0 saturated carbocycles. The van der Waals surface area contributed by atoms with Gasteiger partial charge >= 0.3 is 12.2 Å². The summed E-state index contributed by atoms with van der Waals surface area (Å²) < 4.78 is 10.4. The standard InChI is InChI=1S/C23H18Cl4N2O4/c1-13-2-3-20(28-22(30)32-11-14-4-16(24)8-17(25)5-14)10-21(13)29-23(31)33-12-15-6-18(26)9-19(27)7-15/h2-10H,11-12H2,1H3,(H,28,30)(H,29,31). The third-order valence-corrected chi connectivity index (χ3v) is 5.18. The van der Waals surface area contributed by atoms with Crippen LogP contribution in [0.2, 0.25) is 20.1 Å². The average Bonchev–Trinajstić information content (AvgIpc) is 2.72. The van der Waals surface area contributed by atoms with Gasteiger partial charge in [-0.3, -0.25) is 10.6 Å². The molecule has 0 atom stereocenters. The Morgan fingerprint density at radius 3 is 1.64 bits per heavy atom. The van der Waals surface area contributed by atoms with Gasteiger partial charge in [-0.25, -0.2) is 9.59 Å². The van der Waals surface area contributed by atoms with Gasteiger partial charge in [-0.05, 0) is 72.1 Å². The quantitative estimate of drug-likeness (QED) is 0.339. The van der Waals surface area contributed by atoms with Crippen molar-refractivity contribution in [1.82, 2.24) is 0 Å². The summed E-state index contributed by atoms with van der Waals surface area (Å²) in [5, 5.41) is 7.03. The van der Waals surface area contributed by atoms with Crippen LogP contribution >= 0.6 is 46.4 Å². The van der Waals surface area contributed by atoms with Crippen LogP contribution in [0.1, 0.15) is 16.7 Å². The van der Waals surface area contributed by atoms with E-state index in [4.69, 9.17) is 55.9 Å². The molecule has 6 nitrogen and oxygen atoms in total. The molecule has 0 unspecified atom stereocenters. The number of carbonyl (C=O) groups excluding carboxylic acids is 2. The van der Waals surface area contributed by atoms with Crippen LogP contribution in [-0.4, -0.2) is 12.2 Å². The molecule has 0 aromatic heterocycles. The molecule has 0 bridgehead atoms. The van der Waals surface area contributed by atoms with E-state index in [-0.39, 0.29) is 13.2 Å². The number of benzene rings is 3. The Bertz CT molecular complexity index is 1150. The summed E-state index contributed by atoms with van der Waals surface area (Å²) in [4.78, 5) is 24.4. The van der Waals surface area contributed by atoms with Crippen LogP contribution < -0.4 is 10.6 Å². The van der Waals surface area contributed by atoms with Gasteiger partial charge in [-0.15, -0.1) is 0 Å². The fraction of sp³-hybridized carbons (Fsp3) is 0.130. The lowest BCUT2D eigenvalue weighted by atomic mass is 10.2. The molecule has 0 aliphatic rings. The summed E-state index contributed by atoms with van der Waals surface area (Å²) >= 11 is 23.8. The smallest absolute Gasteiger partial charge is 0.411 e. The Morgan fingerprint density at radius 1 is 0.697 bits per heavy atom. The van der Waals surface area contributed by atoms with Gasteiger partial charge in [0.2, 0.25) is 0 Å². The Morgan fingerprint density at radius 2 is 1.15 bits per heavy atom. The van der Waals surface area contributed by atoms with Gasteiger partial charge in [-0.1, -0.05) is 52.5 Å². The highest BCUT2D eigenvalue weighted by Gasteiger charge is 2.10. The molecule has 0 radical (unpaired) electrons. The largest absolute Gasteiger partial charge is 0.444 e. The van der Waals surface area contributed by atoms with E-state index in [1.807, 2.05) is 0 Å². The highest BCUT2D eigenvalue weighted by atomic mass is 35.5. The minimum absolute atomic E-state index is 0.0110. The van der Waals surface area contributed by atoms with Crippen LogP contribution in [0, 0.1) is 6.92 Å². The predicted molar refractivity (Wildman–Crippen MR) is 132 cm³/mol. The third-order valence-electron chi connectivity index (χ3n) is 4.31. The zero-order valence-electron chi connectivity index (χ0n) is 17.3. The van der Waals surface area contributed by atoms with Crippen molar-refractivity contribution < 1.29 is 19.1 Å². The second kappa shape index (κ2) is 11.5. The number of nitrogens with one attached hydrogen (secondary N) is 2. The maximum absolute atomic E-state index is 12.2. The van der Waals surface area contributed by atoms with Gasteiger partial charge in [0, 0.05) is 31.5 Å². The fourth-order valence-electron chi connectivity index (χ4n) is 2.82. The number of hydrogen-bond acceptors (Lipinski definition) is 4. The second-order valence-electron chi connectivity index (χ2n) is 6.99. The van der Waals surface area contributed by atoms with Crippen LogP contribution in [0.4, 0.5) is 21.0 Å². The highest BCUT2D eigenvalue weighted by molar-refractivity contribution is 6.35. The van der Waals surface area contributed by atoms with E-state index in [9.17, 15) is 9.59 Å². The molecule has 3 rings (SSSR count). The molecule has 2 N–H and O–H groups in total. The first kappa shape index (κ1) is 25.0. The van der Waals surface area contributed by atoms with Gasteiger partial charge in [0.1, 0.15) is 13.2 Å². The van der Waals surface area contributed by atoms with E-state index in [1.54, 1.807) is 61.5 Å². The second-order valence-corrected chi connectivity index (χ2v) is 8.73. The van der Waals surface area contributed by atoms with E-state index in [1.165, 1.54) is 0 Å². The maximum atomic E-state index is 12.2. The molecule has 0 fully saturated rings. The van der Waals surface area contributed by atoms with E-state index < -0.39 is 12.2 Å². The first-order valence-corrected chi connectivity index (χ1v) is 11.1. The normalized spacial score (nSPS) is 10.5. The molecule has 10 heteroatoms. The summed E-state index contributed by atoms with van der Waals surface area (Å²) in [5.74, 6) is 0. The van der Waals surface area contributed by atoms with E-state index in [0.29, 0.717) is 42.6 Å². The zero-order chi connectivity index (χ0) is 24.0. The van der Waals surface area contributed by atoms with Crippen LogP contribution in [0.25, 0.3) is 0 Å². The minimum atomic E-state index is -0.679. The Balaban J connectivity index is 1.55. The summed E-state index contributed by atoms with van der Waals surface area (Å²) in [6, 6.07) is 14.8. The predicted octanol–water partition coefficient (Wildman–Crippen LogP) is 8.11. The summed E-state index contributed by atoms with van der Waals surface area (Å²) in [6.07, 6.45) is -1.35. The summed E-state index contributed by atoms with van der Waals surface area (Å²) in [6.45, 7) is 1.78. The average molecular weight is 528 g/mol. The topological polar surface area (TPSA) is 76.7 Å². The molecule has 3 aromatic carbocycles. The monoisotopic (exact) mass is 526 g/mol. The number of halogens is 4. The highest BCUT2D eigenvalue weighted by Crippen LogP contribution is 2.23. The minimum Gasteiger partial charge on any atom is -0.444 e. The number of anilines is 2. The van der Waals surface area contributed by atoms with Crippen molar-refractivity contribution in [3.05, 3.63) is 91.4 Å². The van der Waals surface area contributed by atoms with Crippen LogP contribution in [0.3, 0.4) is 0 Å². The molecule has 33 heavy (non-hydrogen) atoms. The van der Waals surface area contributed by atoms with Crippen molar-refractivity contribution in [3.8, 4) is 0 Å². The first-order chi connectivity index (χ1) is 15.7. The molecular formula is C23H18Cl4N2O4. The summed E-state index contributed by atoms with van der Waals surface area (Å²) in [5.41, 5.74) is 2.96. The number of amides is 2. The van der Waals surface area contributed by atoms with E-state index in [2.05, 4.69) is 10.6 Å². The molecule has 0 aliphatic heterocycles. The van der Waals surface area contributed by atoms with Crippen molar-refractivity contribution >= 4 is 70.0 Å². The lowest BCUT2D eigenvalue weighted by Crippen LogP contribution is -2.16. The molecule has 2 amide bonds. The van der Waals surface area contributed by atoms with Gasteiger partial charge in [-0.2, -0.15) is 0 Å². The molecule has 0 spiro atoms. The Hall–Kier alpha value is -2.64. The third kappa shape index (κ3) is 8.02. The molecule has 0 aliphatic carbocycles. The van der Waals surface area contributed by atoms with Crippen molar-refractivity contribution in [3.63, 3.8) is 0 Å². The number of aryl methyl sites for hydroxylation is 1. The molecule has 0 heterocycles. The molecule has 172 valence electrons. The van der Waals surface area contributed by atoms with Crippen LogP contribution in [0.15, 0.2) is 54.6 Å². The zero-order valence-corrected chi connectivity index (χ0v) is 20.3. The number of hydrogen-bond donors (Lipinski definition) is 2. The van der Waals surface area contributed by atoms with Crippen LogP contribution in [-0.2, 0) is 22.7 Å². The molecular weight excluding hydrogens is 510 g/mol. The van der Waals surface area contributed by atoms with Crippen molar-refractivity contribution in [2.24, 2.45) is 0 Å². The number of carbonyl (C=O) groups is 2. The van der Waals surface area contributed by atoms with E-state index >= 15 is 0 Å². The lowest BCUT2D eigenvalue weighted by molar-refractivity contribution is 0.154. The number of ether oxygens (including phenoxy) is 2. The van der Waals surface area contributed by atoms with Crippen molar-refractivity contribution in [2.45, 2.75) is 20.1 Å². The Labute approximate surface area is 210 Å². The van der Waals surface area contributed by atoms with Crippen molar-refractivity contribution in [2.75, 3.05) is 10.6 Å². The lowest BCUT2D eigenvalue weighted by Gasteiger charge is -2.12. The first-order valence-electron chi connectivity index (χ1n) is 9.56. The maximum Gasteiger partial charge on any atom is 0.411 e. The van der Waals surface area contributed by atoms with Crippen LogP contribution in [0.5, 0.6) is 0 Å². The van der Waals surface area contributed by atoms with Crippen molar-refractivity contribution in [1.29, 1.82) is 0 Å². The van der Waals surface area contributed by atoms with Gasteiger partial charge in [0.15, 0.2) is 0 Å². The SMILES string of the molecule is Cc1ccc(NC(=O)OCc2cc(Cl)cc(Cl)c2)cc1NC(=O)OCc1cc(Cl)cc(Cl)c1. The molecule has 3 aromatic rings. The molecule has 0 saturated heterocycles. The van der Waals surface area contributed by atoms with Gasteiger partial charge < -0.3 is 9.47 Å². The van der Waals surface area contributed by atoms with Gasteiger partial charge in [0.05, 0.1) is 0 Å². The number of rotatable bonds is 6. The Kier molecular flexibility index (Phi) is 8.69. The summed E-state index contributed by atoms with van der Waals surface area (Å²) in [7, 11) is 0. The fourth-order valence-corrected chi connectivity index (χ4v) is 3.96. The van der Waals surface area contributed by atoms with E-state index in [0.717, 1.165) is 5.56 Å².